The van der Waals surface area contributed by atoms with E-state index in [-0.39, 0.29) is 0 Å². The largest absolute Gasteiger partial charge is 0.269 e. The lowest BCUT2D eigenvalue weighted by Gasteiger charge is -2.08. The highest BCUT2D eigenvalue weighted by Gasteiger charge is 2.14. The highest BCUT2D eigenvalue weighted by molar-refractivity contribution is 9.11. The van der Waals surface area contributed by atoms with Crippen LogP contribution in [0.3, 0.4) is 0 Å². The zero-order valence-electron chi connectivity index (χ0n) is 6.27. The molecule has 2 rings (SSSR count). The van der Waals surface area contributed by atoms with Crippen LogP contribution < -0.4 is 0 Å². The summed E-state index contributed by atoms with van der Waals surface area (Å²) < 4.78 is 1.12. The second-order valence-electron chi connectivity index (χ2n) is 2.54. The van der Waals surface area contributed by atoms with Crippen LogP contribution in [0, 0.1) is 0 Å². The molecule has 0 spiro atoms. The molecule has 62 valence electrons. The minimum atomic E-state index is 0.357. The zero-order valence-corrected chi connectivity index (χ0v) is 8.68. The van der Waals surface area contributed by atoms with Gasteiger partial charge in [0.05, 0.1) is 15.0 Å². The SMILES string of the molecule is Brc1scnc1C1C=NC=CC1. The van der Waals surface area contributed by atoms with E-state index < -0.39 is 0 Å². The summed E-state index contributed by atoms with van der Waals surface area (Å²) in [6, 6.07) is 0. The van der Waals surface area contributed by atoms with Crippen LogP contribution in [-0.2, 0) is 0 Å². The van der Waals surface area contributed by atoms with Gasteiger partial charge < -0.3 is 0 Å². The van der Waals surface area contributed by atoms with Crippen molar-refractivity contribution in [2.45, 2.75) is 12.3 Å². The van der Waals surface area contributed by atoms with Gasteiger partial charge in [0.1, 0.15) is 0 Å². The van der Waals surface area contributed by atoms with E-state index in [0.717, 1.165) is 15.9 Å². The maximum absolute atomic E-state index is 4.29. The number of halogens is 1. The third-order valence-electron chi connectivity index (χ3n) is 1.75. The van der Waals surface area contributed by atoms with Crippen LogP contribution in [0.2, 0.25) is 0 Å². The number of nitrogens with zero attached hydrogens (tertiary/aromatic N) is 2. The topological polar surface area (TPSA) is 25.2 Å². The van der Waals surface area contributed by atoms with Crippen LogP contribution in [0.4, 0.5) is 0 Å². The molecule has 0 amide bonds. The minimum Gasteiger partial charge on any atom is -0.269 e. The summed E-state index contributed by atoms with van der Waals surface area (Å²) in [5.41, 5.74) is 2.96. The molecule has 0 radical (unpaired) electrons. The molecular formula is C8H7BrN2S. The van der Waals surface area contributed by atoms with Crippen molar-refractivity contribution >= 4 is 33.5 Å². The molecule has 1 aliphatic rings. The fraction of sp³-hybridized carbons (Fsp3) is 0.250. The third kappa shape index (κ3) is 1.49. The molecule has 0 saturated heterocycles. The van der Waals surface area contributed by atoms with Crippen molar-refractivity contribution < 1.29 is 0 Å². The Morgan fingerprint density at radius 2 is 2.50 bits per heavy atom. The van der Waals surface area contributed by atoms with E-state index in [9.17, 15) is 0 Å². The lowest BCUT2D eigenvalue weighted by Crippen LogP contribution is -2.02. The lowest BCUT2D eigenvalue weighted by atomic mass is 10.0. The van der Waals surface area contributed by atoms with Crippen LogP contribution in [0.25, 0.3) is 0 Å². The van der Waals surface area contributed by atoms with E-state index in [2.05, 4.69) is 32.0 Å². The molecule has 0 bridgehead atoms. The average Bonchev–Trinajstić information content (AvgIpc) is 2.53. The Labute approximate surface area is 83.2 Å². The Morgan fingerprint density at radius 3 is 3.08 bits per heavy atom. The summed E-state index contributed by atoms with van der Waals surface area (Å²) in [5, 5.41) is 0. The molecule has 0 aliphatic carbocycles. The Hall–Kier alpha value is -0.480. The van der Waals surface area contributed by atoms with Gasteiger partial charge in [-0.3, -0.25) is 4.99 Å². The van der Waals surface area contributed by atoms with Crippen molar-refractivity contribution in [1.29, 1.82) is 0 Å². The number of allylic oxidation sites excluding steroid dienone is 1. The fourth-order valence-electron chi connectivity index (χ4n) is 1.15. The smallest absolute Gasteiger partial charge is 0.0935 e. The lowest BCUT2D eigenvalue weighted by molar-refractivity contribution is 0.872. The molecule has 2 nitrogen and oxygen atoms in total. The van der Waals surface area contributed by atoms with Gasteiger partial charge in [0.25, 0.3) is 0 Å². The maximum Gasteiger partial charge on any atom is 0.0935 e. The average molecular weight is 243 g/mol. The van der Waals surface area contributed by atoms with Gasteiger partial charge in [-0.25, -0.2) is 4.98 Å². The fourth-order valence-corrected chi connectivity index (χ4v) is 2.38. The van der Waals surface area contributed by atoms with Gasteiger partial charge in [-0.1, -0.05) is 6.08 Å². The monoisotopic (exact) mass is 242 g/mol. The summed E-state index contributed by atoms with van der Waals surface area (Å²) in [4.78, 5) is 8.38. The highest BCUT2D eigenvalue weighted by Crippen LogP contribution is 2.29. The van der Waals surface area contributed by atoms with Gasteiger partial charge in [-0.05, 0) is 22.4 Å². The second-order valence-corrected chi connectivity index (χ2v) is 4.71. The first-order valence-corrected chi connectivity index (χ1v) is 5.32. The molecule has 12 heavy (non-hydrogen) atoms. The van der Waals surface area contributed by atoms with Gasteiger partial charge in [-0.15, -0.1) is 11.3 Å². The Morgan fingerprint density at radius 1 is 1.58 bits per heavy atom. The Balaban J connectivity index is 2.26. The van der Waals surface area contributed by atoms with Gasteiger partial charge in [0, 0.05) is 18.3 Å². The first-order valence-electron chi connectivity index (χ1n) is 3.65. The van der Waals surface area contributed by atoms with Gasteiger partial charge in [0.15, 0.2) is 0 Å². The molecular weight excluding hydrogens is 236 g/mol. The maximum atomic E-state index is 4.29. The van der Waals surface area contributed by atoms with E-state index in [1.54, 1.807) is 11.3 Å². The van der Waals surface area contributed by atoms with E-state index >= 15 is 0 Å². The molecule has 2 heterocycles. The van der Waals surface area contributed by atoms with Crippen molar-refractivity contribution in [3.63, 3.8) is 0 Å². The summed E-state index contributed by atoms with van der Waals surface area (Å²) in [5.74, 6) is 0.357. The highest BCUT2D eigenvalue weighted by atomic mass is 79.9. The predicted octanol–water partition coefficient (Wildman–Crippen LogP) is 2.98. The summed E-state index contributed by atoms with van der Waals surface area (Å²) >= 11 is 5.09. The summed E-state index contributed by atoms with van der Waals surface area (Å²) in [6.07, 6.45) is 6.85. The Kier molecular flexibility index (Phi) is 2.37. The predicted molar refractivity (Wildman–Crippen MR) is 54.8 cm³/mol. The van der Waals surface area contributed by atoms with Crippen LogP contribution in [0.5, 0.6) is 0 Å². The molecule has 0 aromatic carbocycles. The molecule has 1 aliphatic heterocycles. The molecule has 1 atom stereocenters. The van der Waals surface area contributed by atoms with Crippen molar-refractivity contribution in [1.82, 2.24) is 4.98 Å². The van der Waals surface area contributed by atoms with Gasteiger partial charge in [0.2, 0.25) is 0 Å². The first-order chi connectivity index (χ1) is 5.88. The van der Waals surface area contributed by atoms with Crippen molar-refractivity contribution in [2.75, 3.05) is 0 Å². The minimum absolute atomic E-state index is 0.357. The molecule has 1 aromatic rings. The van der Waals surface area contributed by atoms with Crippen molar-refractivity contribution in [3.05, 3.63) is 27.3 Å². The zero-order chi connectivity index (χ0) is 8.39. The second kappa shape index (κ2) is 3.49. The quantitative estimate of drug-likeness (QED) is 0.744. The van der Waals surface area contributed by atoms with Crippen LogP contribution >= 0.6 is 27.3 Å². The van der Waals surface area contributed by atoms with Crippen LogP contribution in [-0.4, -0.2) is 11.2 Å². The number of hydrogen-bond donors (Lipinski definition) is 0. The van der Waals surface area contributed by atoms with Crippen LogP contribution in [0.15, 0.2) is 26.6 Å². The standard InChI is InChI=1S/C8H7BrN2S/c9-8-7(11-5-12-8)6-2-1-3-10-4-6/h1,3-6H,2H2. The van der Waals surface area contributed by atoms with E-state index in [1.165, 1.54) is 0 Å². The summed E-state index contributed by atoms with van der Waals surface area (Å²) in [7, 11) is 0. The van der Waals surface area contributed by atoms with E-state index in [4.69, 9.17) is 0 Å². The van der Waals surface area contributed by atoms with Crippen molar-refractivity contribution in [2.24, 2.45) is 4.99 Å². The Bertz CT molecular complexity index is 330. The molecule has 0 fully saturated rings. The molecule has 1 aromatic heterocycles. The number of aliphatic imine (C=N–C) groups is 1. The number of hydrogen-bond acceptors (Lipinski definition) is 3. The molecule has 1 unspecified atom stereocenters. The van der Waals surface area contributed by atoms with E-state index in [0.29, 0.717) is 5.92 Å². The van der Waals surface area contributed by atoms with Gasteiger partial charge in [-0.2, -0.15) is 0 Å². The third-order valence-corrected chi connectivity index (χ3v) is 3.34. The van der Waals surface area contributed by atoms with Crippen LogP contribution in [0.1, 0.15) is 18.0 Å². The molecule has 0 saturated carbocycles. The number of thiazole rings is 1. The first kappa shape index (κ1) is 8.13. The van der Waals surface area contributed by atoms with Crippen molar-refractivity contribution in [3.8, 4) is 0 Å². The molecule has 0 N–H and O–H groups in total. The molecule has 4 heteroatoms. The summed E-state index contributed by atoms with van der Waals surface area (Å²) in [6.45, 7) is 0. The number of aromatic nitrogens is 1. The van der Waals surface area contributed by atoms with E-state index in [1.807, 2.05) is 17.9 Å². The number of rotatable bonds is 1. The normalized spacial score (nSPS) is 21.6. The van der Waals surface area contributed by atoms with Gasteiger partial charge >= 0.3 is 0 Å².